The van der Waals surface area contributed by atoms with Crippen molar-refractivity contribution in [2.45, 2.75) is 25.3 Å². The van der Waals surface area contributed by atoms with Gasteiger partial charge in [0.25, 0.3) is 0 Å². The first-order valence-corrected chi connectivity index (χ1v) is 6.14. The quantitative estimate of drug-likeness (QED) is 0.691. The van der Waals surface area contributed by atoms with Crippen molar-refractivity contribution in [3.63, 3.8) is 0 Å². The van der Waals surface area contributed by atoms with Gasteiger partial charge in [-0.25, -0.2) is 0 Å². The molecule has 0 fully saturated rings. The number of amides is 1. The second-order valence-corrected chi connectivity index (χ2v) is 4.96. The molecule has 0 aliphatic heterocycles. The van der Waals surface area contributed by atoms with Crippen molar-refractivity contribution in [1.82, 2.24) is 5.32 Å². The highest BCUT2D eigenvalue weighted by atomic mass is 16.5. The zero-order valence-corrected chi connectivity index (χ0v) is 11.5. The van der Waals surface area contributed by atoms with Crippen LogP contribution < -0.4 is 5.32 Å². The molecule has 3 N–H and O–H groups in total. The molecule has 1 aromatic rings. The van der Waals surface area contributed by atoms with Crippen molar-refractivity contribution in [1.29, 1.82) is 0 Å². The van der Waals surface area contributed by atoms with Crippen LogP contribution in [0.5, 0.6) is 5.75 Å². The fraction of sp³-hybridized carbons (Fsp3) is 0.429. The van der Waals surface area contributed by atoms with Crippen LogP contribution in [0.25, 0.3) is 0 Å². The molecule has 0 aromatic heterocycles. The SMILES string of the molecule is COCC(C)(CC(=O)O)NC(=O)Cc1ccc(O)cc1. The fourth-order valence-electron chi connectivity index (χ4n) is 1.96. The van der Waals surface area contributed by atoms with Crippen LogP contribution >= 0.6 is 0 Å². The number of methoxy groups -OCH3 is 1. The number of hydrogen-bond donors (Lipinski definition) is 3. The summed E-state index contributed by atoms with van der Waals surface area (Å²) in [6.07, 6.45) is -0.110. The highest BCUT2D eigenvalue weighted by molar-refractivity contribution is 5.80. The van der Waals surface area contributed by atoms with E-state index in [2.05, 4.69) is 5.32 Å². The number of carboxylic acids is 1. The molecular formula is C14H19NO5. The minimum Gasteiger partial charge on any atom is -0.508 e. The molecule has 1 unspecified atom stereocenters. The number of carbonyl (C=O) groups is 2. The predicted molar refractivity (Wildman–Crippen MR) is 72.5 cm³/mol. The van der Waals surface area contributed by atoms with Crippen LogP contribution in [0.3, 0.4) is 0 Å². The minimum absolute atomic E-state index is 0.110. The summed E-state index contributed by atoms with van der Waals surface area (Å²) < 4.78 is 4.96. The van der Waals surface area contributed by atoms with Gasteiger partial charge in [-0.3, -0.25) is 9.59 Å². The Balaban J connectivity index is 2.66. The first-order chi connectivity index (χ1) is 9.34. The molecule has 1 atom stereocenters. The summed E-state index contributed by atoms with van der Waals surface area (Å²) in [6.45, 7) is 1.74. The molecular weight excluding hydrogens is 262 g/mol. The molecule has 20 heavy (non-hydrogen) atoms. The van der Waals surface area contributed by atoms with Crippen molar-refractivity contribution < 1.29 is 24.5 Å². The molecule has 0 saturated heterocycles. The smallest absolute Gasteiger partial charge is 0.305 e. The number of hydrogen-bond acceptors (Lipinski definition) is 4. The number of ether oxygens (including phenoxy) is 1. The summed E-state index contributed by atoms with van der Waals surface area (Å²) in [5.41, 5.74) is -0.218. The summed E-state index contributed by atoms with van der Waals surface area (Å²) >= 11 is 0. The molecule has 1 aromatic carbocycles. The van der Waals surface area contributed by atoms with Crippen LogP contribution in [0.4, 0.5) is 0 Å². The zero-order chi connectivity index (χ0) is 15.2. The number of rotatable bonds is 7. The van der Waals surface area contributed by atoms with Gasteiger partial charge in [0, 0.05) is 7.11 Å². The summed E-state index contributed by atoms with van der Waals surface area (Å²) in [7, 11) is 1.45. The van der Waals surface area contributed by atoms with Gasteiger partial charge in [-0.2, -0.15) is 0 Å². The largest absolute Gasteiger partial charge is 0.508 e. The lowest BCUT2D eigenvalue weighted by Crippen LogP contribution is -2.51. The Morgan fingerprint density at radius 1 is 1.30 bits per heavy atom. The van der Waals surface area contributed by atoms with Crippen LogP contribution in [0.15, 0.2) is 24.3 Å². The molecule has 6 heteroatoms. The third kappa shape index (κ3) is 5.27. The molecule has 0 spiro atoms. The number of nitrogens with one attached hydrogen (secondary N) is 1. The Kier molecular flexibility index (Phi) is 5.52. The van der Waals surface area contributed by atoms with Crippen molar-refractivity contribution in [2.24, 2.45) is 0 Å². The number of carbonyl (C=O) groups excluding carboxylic acids is 1. The Morgan fingerprint density at radius 2 is 1.90 bits per heavy atom. The molecule has 1 rings (SSSR count). The number of phenolic OH excluding ortho intramolecular Hbond substituents is 1. The fourth-order valence-corrected chi connectivity index (χ4v) is 1.96. The molecule has 0 radical (unpaired) electrons. The number of aromatic hydroxyl groups is 1. The van der Waals surface area contributed by atoms with Gasteiger partial charge >= 0.3 is 5.97 Å². The van der Waals surface area contributed by atoms with E-state index >= 15 is 0 Å². The summed E-state index contributed by atoms with van der Waals surface area (Å²) in [5.74, 6) is -1.17. The van der Waals surface area contributed by atoms with Crippen molar-refractivity contribution in [3.8, 4) is 5.75 Å². The van der Waals surface area contributed by atoms with Crippen molar-refractivity contribution in [2.75, 3.05) is 13.7 Å². The summed E-state index contributed by atoms with van der Waals surface area (Å²) in [5, 5.41) is 20.7. The van der Waals surface area contributed by atoms with Gasteiger partial charge in [-0.15, -0.1) is 0 Å². The predicted octanol–water partition coefficient (Wildman–Crippen LogP) is 0.931. The van der Waals surface area contributed by atoms with E-state index in [0.29, 0.717) is 0 Å². The lowest BCUT2D eigenvalue weighted by Gasteiger charge is -2.28. The first kappa shape index (κ1) is 16.0. The number of phenols is 1. The molecule has 0 saturated carbocycles. The van der Waals surface area contributed by atoms with E-state index in [4.69, 9.17) is 14.9 Å². The van der Waals surface area contributed by atoms with Crippen LogP contribution in [0.2, 0.25) is 0 Å². The van der Waals surface area contributed by atoms with Gasteiger partial charge in [0.1, 0.15) is 5.75 Å². The van der Waals surface area contributed by atoms with Gasteiger partial charge in [0.2, 0.25) is 5.91 Å². The average molecular weight is 281 g/mol. The minimum atomic E-state index is -1.01. The van der Waals surface area contributed by atoms with E-state index < -0.39 is 11.5 Å². The third-order valence-corrected chi connectivity index (χ3v) is 2.75. The van der Waals surface area contributed by atoms with Crippen molar-refractivity contribution in [3.05, 3.63) is 29.8 Å². The maximum atomic E-state index is 11.9. The van der Waals surface area contributed by atoms with Gasteiger partial charge in [-0.1, -0.05) is 12.1 Å². The molecule has 0 bridgehead atoms. The maximum absolute atomic E-state index is 11.9. The molecule has 0 heterocycles. The topological polar surface area (TPSA) is 95.9 Å². The van der Waals surface area contributed by atoms with E-state index in [-0.39, 0.29) is 31.1 Å². The van der Waals surface area contributed by atoms with Gasteiger partial charge in [0.15, 0.2) is 0 Å². The molecule has 110 valence electrons. The van der Waals surface area contributed by atoms with Crippen LogP contribution in [0, 0.1) is 0 Å². The standard InChI is InChI=1S/C14H19NO5/c1-14(9-20-2,8-13(18)19)15-12(17)7-10-3-5-11(16)6-4-10/h3-6,16H,7-9H2,1-2H3,(H,15,17)(H,18,19). The second-order valence-electron chi connectivity index (χ2n) is 4.96. The van der Waals surface area contributed by atoms with E-state index in [0.717, 1.165) is 5.56 Å². The van der Waals surface area contributed by atoms with E-state index in [9.17, 15) is 9.59 Å². The monoisotopic (exact) mass is 281 g/mol. The summed E-state index contributed by atoms with van der Waals surface area (Å²) in [4.78, 5) is 22.8. The van der Waals surface area contributed by atoms with Crippen LogP contribution in [0.1, 0.15) is 18.9 Å². The van der Waals surface area contributed by atoms with Crippen molar-refractivity contribution >= 4 is 11.9 Å². The Morgan fingerprint density at radius 3 is 2.40 bits per heavy atom. The van der Waals surface area contributed by atoms with E-state index in [1.807, 2.05) is 0 Å². The highest BCUT2D eigenvalue weighted by Gasteiger charge is 2.29. The number of aliphatic carboxylic acids is 1. The van der Waals surface area contributed by atoms with Gasteiger partial charge in [0.05, 0.1) is 25.0 Å². The zero-order valence-electron chi connectivity index (χ0n) is 11.5. The normalized spacial score (nSPS) is 13.5. The third-order valence-electron chi connectivity index (χ3n) is 2.75. The molecule has 6 nitrogen and oxygen atoms in total. The van der Waals surface area contributed by atoms with Gasteiger partial charge in [-0.05, 0) is 24.6 Å². The van der Waals surface area contributed by atoms with Crippen LogP contribution in [-0.4, -0.2) is 41.3 Å². The molecule has 0 aliphatic carbocycles. The van der Waals surface area contributed by atoms with E-state index in [1.165, 1.54) is 19.2 Å². The second kappa shape index (κ2) is 6.91. The number of benzene rings is 1. The van der Waals surface area contributed by atoms with E-state index in [1.54, 1.807) is 19.1 Å². The average Bonchev–Trinajstić information content (AvgIpc) is 2.30. The molecule has 0 aliphatic rings. The lowest BCUT2D eigenvalue weighted by molar-refractivity contribution is -0.139. The molecule has 1 amide bonds. The van der Waals surface area contributed by atoms with Crippen LogP contribution in [-0.2, 0) is 20.7 Å². The Bertz CT molecular complexity index is 471. The number of carboxylic acid groups (broad SMARTS) is 1. The maximum Gasteiger partial charge on any atom is 0.305 e. The van der Waals surface area contributed by atoms with Gasteiger partial charge < -0.3 is 20.3 Å². The summed E-state index contributed by atoms with van der Waals surface area (Å²) in [6, 6.07) is 6.27. The first-order valence-electron chi connectivity index (χ1n) is 6.14. The Labute approximate surface area is 117 Å². The Hall–Kier alpha value is -2.08. The highest BCUT2D eigenvalue weighted by Crippen LogP contribution is 2.13. The lowest BCUT2D eigenvalue weighted by atomic mass is 9.98.